The van der Waals surface area contributed by atoms with Crippen LogP contribution in [0.3, 0.4) is 0 Å². The Morgan fingerprint density at radius 2 is 2.13 bits per heavy atom. The standard InChI is InChI=1S/C17H23FN2O2S/c1-4-23-14-7-6-13(10-14)20(3)17(22)15-9-12(19-11(2)21)5-8-16(15)18/h5,8-9,13-14H,4,6-7,10H2,1-3H3,(H,19,21)/t13-,14+/m0/s1. The van der Waals surface area contributed by atoms with Crippen LogP contribution in [0.15, 0.2) is 18.2 Å². The molecule has 2 atom stereocenters. The van der Waals surface area contributed by atoms with E-state index in [-0.39, 0.29) is 23.4 Å². The van der Waals surface area contributed by atoms with Crippen molar-refractivity contribution in [1.82, 2.24) is 4.90 Å². The first-order chi connectivity index (χ1) is 10.9. The zero-order chi connectivity index (χ0) is 17.0. The van der Waals surface area contributed by atoms with Gasteiger partial charge in [0.05, 0.1) is 5.56 Å². The number of carbonyl (C=O) groups excluding carboxylic acids is 2. The van der Waals surface area contributed by atoms with E-state index in [1.165, 1.54) is 25.1 Å². The van der Waals surface area contributed by atoms with Gasteiger partial charge in [0, 0.05) is 31.0 Å². The van der Waals surface area contributed by atoms with Gasteiger partial charge >= 0.3 is 0 Å². The molecule has 0 saturated heterocycles. The Morgan fingerprint density at radius 1 is 1.39 bits per heavy atom. The lowest BCUT2D eigenvalue weighted by Crippen LogP contribution is -2.36. The van der Waals surface area contributed by atoms with Crippen molar-refractivity contribution in [3.05, 3.63) is 29.6 Å². The third kappa shape index (κ3) is 4.47. The Bertz CT molecular complexity index is 594. The normalized spacial score (nSPS) is 20.3. The number of amides is 2. The topological polar surface area (TPSA) is 49.4 Å². The molecule has 0 spiro atoms. The van der Waals surface area contributed by atoms with E-state index in [9.17, 15) is 14.0 Å². The molecule has 1 aromatic carbocycles. The van der Waals surface area contributed by atoms with E-state index in [0.29, 0.717) is 10.9 Å². The minimum atomic E-state index is -0.562. The van der Waals surface area contributed by atoms with Crippen LogP contribution in [0.4, 0.5) is 10.1 Å². The van der Waals surface area contributed by atoms with Crippen LogP contribution in [0.2, 0.25) is 0 Å². The SMILES string of the molecule is CCS[C@@H]1CC[C@H](N(C)C(=O)c2cc(NC(C)=O)ccc2F)C1. The van der Waals surface area contributed by atoms with E-state index in [4.69, 9.17) is 0 Å². The summed E-state index contributed by atoms with van der Waals surface area (Å²) in [6.45, 7) is 3.51. The summed E-state index contributed by atoms with van der Waals surface area (Å²) in [7, 11) is 1.73. The van der Waals surface area contributed by atoms with E-state index in [2.05, 4.69) is 12.2 Å². The summed E-state index contributed by atoms with van der Waals surface area (Å²) in [5.41, 5.74) is 0.437. The van der Waals surface area contributed by atoms with Crippen LogP contribution in [-0.2, 0) is 4.79 Å². The number of hydrogen-bond donors (Lipinski definition) is 1. The van der Waals surface area contributed by atoms with Gasteiger partial charge in [-0.15, -0.1) is 0 Å². The number of nitrogens with one attached hydrogen (secondary N) is 1. The third-order valence-corrected chi connectivity index (χ3v) is 5.38. The van der Waals surface area contributed by atoms with Gasteiger partial charge in [-0.1, -0.05) is 6.92 Å². The molecule has 1 aliphatic rings. The smallest absolute Gasteiger partial charge is 0.256 e. The van der Waals surface area contributed by atoms with Crippen molar-refractivity contribution in [1.29, 1.82) is 0 Å². The quantitative estimate of drug-likeness (QED) is 0.893. The molecule has 1 aliphatic carbocycles. The Labute approximate surface area is 140 Å². The van der Waals surface area contributed by atoms with Gasteiger partial charge in [0.15, 0.2) is 0 Å². The molecule has 1 N–H and O–H groups in total. The fourth-order valence-electron chi connectivity index (χ4n) is 2.98. The van der Waals surface area contributed by atoms with Gasteiger partial charge < -0.3 is 10.2 Å². The number of nitrogens with zero attached hydrogens (tertiary/aromatic N) is 1. The lowest BCUT2D eigenvalue weighted by atomic mass is 10.1. The van der Waals surface area contributed by atoms with Gasteiger partial charge in [-0.25, -0.2) is 4.39 Å². The van der Waals surface area contributed by atoms with Crippen LogP contribution in [0.25, 0.3) is 0 Å². The third-order valence-electron chi connectivity index (χ3n) is 4.14. The molecule has 1 saturated carbocycles. The molecule has 0 heterocycles. The summed E-state index contributed by atoms with van der Waals surface area (Å²) in [5, 5.41) is 3.16. The average Bonchev–Trinajstić information content (AvgIpc) is 2.96. The van der Waals surface area contributed by atoms with Crippen LogP contribution in [0.1, 0.15) is 43.5 Å². The van der Waals surface area contributed by atoms with Crippen molar-refractivity contribution >= 4 is 29.3 Å². The lowest BCUT2D eigenvalue weighted by molar-refractivity contribution is -0.114. The summed E-state index contributed by atoms with van der Waals surface area (Å²) in [6, 6.07) is 4.23. The number of hydrogen-bond acceptors (Lipinski definition) is 3. The summed E-state index contributed by atoms with van der Waals surface area (Å²) in [6.07, 6.45) is 3.00. The van der Waals surface area contributed by atoms with Gasteiger partial charge in [0.25, 0.3) is 5.91 Å². The van der Waals surface area contributed by atoms with Crippen LogP contribution in [0, 0.1) is 5.82 Å². The number of benzene rings is 1. The zero-order valence-electron chi connectivity index (χ0n) is 13.8. The van der Waals surface area contributed by atoms with Crippen LogP contribution < -0.4 is 5.32 Å². The number of thioether (sulfide) groups is 1. The Hall–Kier alpha value is -1.56. The molecule has 0 aliphatic heterocycles. The largest absolute Gasteiger partial charge is 0.339 e. The Kier molecular flexibility index (Phi) is 6.04. The van der Waals surface area contributed by atoms with E-state index >= 15 is 0 Å². The maximum absolute atomic E-state index is 14.0. The van der Waals surface area contributed by atoms with Gasteiger partial charge in [-0.3, -0.25) is 9.59 Å². The molecule has 4 nitrogen and oxygen atoms in total. The highest BCUT2D eigenvalue weighted by molar-refractivity contribution is 7.99. The molecule has 6 heteroatoms. The van der Waals surface area contributed by atoms with Crippen molar-refractivity contribution < 1.29 is 14.0 Å². The van der Waals surface area contributed by atoms with Crippen LogP contribution >= 0.6 is 11.8 Å². The first-order valence-corrected chi connectivity index (χ1v) is 8.93. The molecular weight excluding hydrogens is 315 g/mol. The van der Waals surface area contributed by atoms with Gasteiger partial charge in [0.1, 0.15) is 5.82 Å². The van der Waals surface area contributed by atoms with E-state index in [1.54, 1.807) is 11.9 Å². The average molecular weight is 338 g/mol. The summed E-state index contributed by atoms with van der Waals surface area (Å²) in [5.74, 6) is -0.0727. The fraction of sp³-hybridized carbons (Fsp3) is 0.529. The maximum atomic E-state index is 14.0. The van der Waals surface area contributed by atoms with Crippen molar-refractivity contribution in [2.75, 3.05) is 18.1 Å². The number of anilines is 1. The molecule has 0 radical (unpaired) electrons. The Morgan fingerprint density at radius 3 is 2.78 bits per heavy atom. The van der Waals surface area contributed by atoms with E-state index < -0.39 is 5.82 Å². The number of carbonyl (C=O) groups is 2. The molecule has 126 valence electrons. The predicted molar refractivity (Wildman–Crippen MR) is 92.4 cm³/mol. The van der Waals surface area contributed by atoms with Gasteiger partial charge in [-0.2, -0.15) is 11.8 Å². The molecule has 23 heavy (non-hydrogen) atoms. The number of halogens is 1. The summed E-state index contributed by atoms with van der Waals surface area (Å²) < 4.78 is 14.0. The van der Waals surface area contributed by atoms with Gasteiger partial charge in [-0.05, 0) is 43.2 Å². The van der Waals surface area contributed by atoms with E-state index in [0.717, 1.165) is 25.0 Å². The molecule has 1 aromatic rings. The monoisotopic (exact) mass is 338 g/mol. The molecule has 0 aromatic heterocycles. The van der Waals surface area contributed by atoms with Crippen molar-refractivity contribution in [2.45, 2.75) is 44.4 Å². The molecule has 1 fully saturated rings. The molecular formula is C17H23FN2O2S. The molecule has 0 unspecified atom stereocenters. The second kappa shape index (κ2) is 7.81. The predicted octanol–water partition coefficient (Wildman–Crippen LogP) is 3.53. The van der Waals surface area contributed by atoms with Crippen LogP contribution in [0.5, 0.6) is 0 Å². The molecule has 2 rings (SSSR count). The first kappa shape index (κ1) is 17.8. The zero-order valence-corrected chi connectivity index (χ0v) is 14.6. The molecule has 0 bridgehead atoms. The van der Waals surface area contributed by atoms with E-state index in [1.807, 2.05) is 11.8 Å². The fourth-order valence-corrected chi connectivity index (χ4v) is 4.11. The minimum absolute atomic E-state index is 0.00495. The second-order valence-corrected chi connectivity index (χ2v) is 7.41. The molecule has 2 amide bonds. The van der Waals surface area contributed by atoms with Gasteiger partial charge in [0.2, 0.25) is 5.91 Å². The second-order valence-electron chi connectivity index (χ2n) is 5.84. The van der Waals surface area contributed by atoms with Crippen molar-refractivity contribution in [2.24, 2.45) is 0 Å². The highest BCUT2D eigenvalue weighted by atomic mass is 32.2. The van der Waals surface area contributed by atoms with Crippen molar-refractivity contribution in [3.8, 4) is 0 Å². The maximum Gasteiger partial charge on any atom is 0.256 e. The Balaban J connectivity index is 2.11. The van der Waals surface area contributed by atoms with Crippen molar-refractivity contribution in [3.63, 3.8) is 0 Å². The summed E-state index contributed by atoms with van der Waals surface area (Å²) >= 11 is 1.92. The highest BCUT2D eigenvalue weighted by Crippen LogP contribution is 2.33. The minimum Gasteiger partial charge on any atom is -0.339 e. The van der Waals surface area contributed by atoms with Crippen LogP contribution in [-0.4, -0.2) is 40.8 Å². The highest BCUT2D eigenvalue weighted by Gasteiger charge is 2.31. The summed E-state index contributed by atoms with van der Waals surface area (Å²) in [4.78, 5) is 25.4. The lowest BCUT2D eigenvalue weighted by Gasteiger charge is -2.25. The first-order valence-electron chi connectivity index (χ1n) is 7.88. The number of rotatable bonds is 5.